The van der Waals surface area contributed by atoms with Gasteiger partial charge in [0.2, 0.25) is 10.0 Å². The van der Waals surface area contributed by atoms with E-state index in [1.165, 1.54) is 42.5 Å². The van der Waals surface area contributed by atoms with Gasteiger partial charge in [0.15, 0.2) is 5.78 Å². The maximum absolute atomic E-state index is 12.3. The van der Waals surface area contributed by atoms with E-state index in [9.17, 15) is 23.3 Å². The summed E-state index contributed by atoms with van der Waals surface area (Å²) in [4.78, 5) is 22.1. The molecule has 0 aliphatic carbocycles. The summed E-state index contributed by atoms with van der Waals surface area (Å²) in [5, 5.41) is 15.8. The quantitative estimate of drug-likeness (QED) is 0.521. The minimum absolute atomic E-state index is 0.0142. The lowest BCUT2D eigenvalue weighted by molar-refractivity contribution is -0.384. The number of sulfonamides is 1. The highest BCUT2D eigenvalue weighted by Crippen LogP contribution is 2.20. The van der Waals surface area contributed by atoms with E-state index in [-0.39, 0.29) is 21.7 Å². The van der Waals surface area contributed by atoms with Gasteiger partial charge in [-0.3, -0.25) is 14.9 Å². The molecule has 2 aromatic rings. The second-order valence-electron chi connectivity index (χ2n) is 4.18. The predicted octanol–water partition coefficient (Wildman–Crippen LogP) is 1.47. The molecule has 2 aromatic carbocycles. The van der Waals surface area contributed by atoms with Crippen LogP contribution in [-0.2, 0) is 10.0 Å². The van der Waals surface area contributed by atoms with Gasteiger partial charge in [0.25, 0.3) is 5.69 Å². The molecule has 0 radical (unpaired) electrons. The standard InChI is InChI=1S/C13H10N2O5S/c14-21(19,20)12-7-2-1-6-11(12)13(16)9-4-3-5-10(8-9)15(17)18/h1-8H,(H2,14,19,20). The highest BCUT2D eigenvalue weighted by Gasteiger charge is 2.21. The van der Waals surface area contributed by atoms with Crippen LogP contribution < -0.4 is 5.14 Å². The van der Waals surface area contributed by atoms with Crippen LogP contribution >= 0.6 is 0 Å². The summed E-state index contributed by atoms with van der Waals surface area (Å²) in [6.45, 7) is 0. The fourth-order valence-electron chi connectivity index (χ4n) is 1.82. The average molecular weight is 306 g/mol. The first-order valence-electron chi connectivity index (χ1n) is 5.71. The number of benzene rings is 2. The number of hydrogen-bond donors (Lipinski definition) is 1. The molecule has 0 saturated heterocycles. The number of non-ortho nitro benzene ring substituents is 1. The van der Waals surface area contributed by atoms with Crippen LogP contribution in [0.25, 0.3) is 0 Å². The van der Waals surface area contributed by atoms with Crippen LogP contribution in [0.2, 0.25) is 0 Å². The van der Waals surface area contributed by atoms with Gasteiger partial charge in [-0.2, -0.15) is 0 Å². The maximum atomic E-state index is 12.3. The number of ketones is 1. The van der Waals surface area contributed by atoms with Crippen LogP contribution in [0, 0.1) is 10.1 Å². The zero-order valence-electron chi connectivity index (χ0n) is 10.6. The number of hydrogen-bond acceptors (Lipinski definition) is 5. The van der Waals surface area contributed by atoms with Crippen LogP contribution in [0.5, 0.6) is 0 Å². The lowest BCUT2D eigenvalue weighted by atomic mass is 10.0. The fraction of sp³-hybridized carbons (Fsp3) is 0. The molecule has 0 saturated carbocycles. The maximum Gasteiger partial charge on any atom is 0.270 e. The van der Waals surface area contributed by atoms with Crippen molar-refractivity contribution in [2.75, 3.05) is 0 Å². The van der Waals surface area contributed by atoms with E-state index >= 15 is 0 Å². The van der Waals surface area contributed by atoms with Gasteiger partial charge in [0.1, 0.15) is 0 Å². The largest absolute Gasteiger partial charge is 0.289 e. The Kier molecular flexibility index (Phi) is 3.83. The summed E-state index contributed by atoms with van der Waals surface area (Å²) in [5.74, 6) is -0.650. The van der Waals surface area contributed by atoms with Gasteiger partial charge >= 0.3 is 0 Å². The van der Waals surface area contributed by atoms with Gasteiger partial charge in [0, 0.05) is 23.3 Å². The molecule has 2 N–H and O–H groups in total. The predicted molar refractivity (Wildman–Crippen MR) is 74.3 cm³/mol. The van der Waals surface area contributed by atoms with E-state index in [2.05, 4.69) is 0 Å². The van der Waals surface area contributed by atoms with E-state index in [0.29, 0.717) is 0 Å². The molecule has 2 rings (SSSR count). The lowest BCUT2D eigenvalue weighted by Crippen LogP contribution is -2.17. The monoisotopic (exact) mass is 306 g/mol. The van der Waals surface area contributed by atoms with Crippen LogP contribution in [0.1, 0.15) is 15.9 Å². The Morgan fingerprint density at radius 1 is 1.10 bits per heavy atom. The number of carbonyl (C=O) groups excluding carboxylic acids is 1. The van der Waals surface area contributed by atoms with Crippen LogP contribution in [0.3, 0.4) is 0 Å². The first-order valence-corrected chi connectivity index (χ1v) is 7.26. The minimum atomic E-state index is -4.07. The van der Waals surface area contributed by atoms with E-state index < -0.39 is 20.7 Å². The molecular formula is C13H10N2O5S. The van der Waals surface area contributed by atoms with Crippen LogP contribution in [-0.4, -0.2) is 19.1 Å². The molecule has 0 unspecified atom stereocenters. The van der Waals surface area contributed by atoms with E-state index in [4.69, 9.17) is 5.14 Å². The third kappa shape index (κ3) is 3.12. The summed E-state index contributed by atoms with van der Waals surface area (Å²) in [5.41, 5.74) is -0.366. The first-order chi connectivity index (χ1) is 9.80. The molecule has 21 heavy (non-hydrogen) atoms. The first kappa shape index (κ1) is 14.8. The molecule has 0 amide bonds. The van der Waals surface area contributed by atoms with Crippen molar-refractivity contribution in [1.29, 1.82) is 0 Å². The number of rotatable bonds is 4. The number of nitro groups is 1. The second-order valence-corrected chi connectivity index (χ2v) is 5.71. The molecule has 0 atom stereocenters. The highest BCUT2D eigenvalue weighted by molar-refractivity contribution is 7.89. The lowest BCUT2D eigenvalue weighted by Gasteiger charge is -2.06. The SMILES string of the molecule is NS(=O)(=O)c1ccccc1C(=O)c1cccc([N+](=O)[O-])c1. The molecule has 0 aliphatic heterocycles. The normalized spacial score (nSPS) is 11.1. The Balaban J connectivity index is 2.56. The molecule has 8 heteroatoms. The third-order valence-electron chi connectivity index (χ3n) is 2.76. The van der Waals surface area contributed by atoms with Gasteiger partial charge in [0.05, 0.1) is 9.82 Å². The second kappa shape index (κ2) is 5.43. The fourth-order valence-corrected chi connectivity index (χ4v) is 2.55. The Hall–Kier alpha value is -2.58. The van der Waals surface area contributed by atoms with Gasteiger partial charge < -0.3 is 0 Å². The number of nitrogens with two attached hydrogens (primary N) is 1. The van der Waals surface area contributed by atoms with Crippen LogP contribution in [0.4, 0.5) is 5.69 Å². The summed E-state index contributed by atoms with van der Waals surface area (Å²) in [6.07, 6.45) is 0. The van der Waals surface area contributed by atoms with Crippen molar-refractivity contribution in [3.05, 3.63) is 69.8 Å². The molecule has 0 bridgehead atoms. The third-order valence-corrected chi connectivity index (χ3v) is 3.73. The van der Waals surface area contributed by atoms with Gasteiger partial charge in [-0.1, -0.05) is 24.3 Å². The average Bonchev–Trinajstić information content (AvgIpc) is 2.45. The number of carbonyl (C=O) groups is 1. The molecule has 0 aromatic heterocycles. The summed E-state index contributed by atoms with van der Waals surface area (Å²) in [7, 11) is -4.07. The van der Waals surface area contributed by atoms with Gasteiger partial charge in [-0.15, -0.1) is 0 Å². The highest BCUT2D eigenvalue weighted by atomic mass is 32.2. The number of nitrogens with zero attached hydrogens (tertiary/aromatic N) is 1. The number of nitro benzene ring substituents is 1. The van der Waals surface area contributed by atoms with Gasteiger partial charge in [-0.05, 0) is 12.1 Å². The van der Waals surface area contributed by atoms with E-state index in [0.717, 1.165) is 6.07 Å². The van der Waals surface area contributed by atoms with Gasteiger partial charge in [-0.25, -0.2) is 13.6 Å². The molecule has 0 heterocycles. The summed E-state index contributed by atoms with van der Waals surface area (Å²) < 4.78 is 23.0. The smallest absolute Gasteiger partial charge is 0.270 e. The van der Waals surface area contributed by atoms with E-state index in [1.807, 2.05) is 0 Å². The van der Waals surface area contributed by atoms with Crippen molar-refractivity contribution in [3.8, 4) is 0 Å². The Morgan fingerprint density at radius 3 is 2.38 bits per heavy atom. The molecule has 7 nitrogen and oxygen atoms in total. The van der Waals surface area contributed by atoms with Crippen molar-refractivity contribution in [2.45, 2.75) is 4.90 Å². The molecule has 0 fully saturated rings. The minimum Gasteiger partial charge on any atom is -0.289 e. The summed E-state index contributed by atoms with van der Waals surface area (Å²) in [6, 6.07) is 10.5. The zero-order valence-corrected chi connectivity index (χ0v) is 11.4. The van der Waals surface area contributed by atoms with Crippen molar-refractivity contribution < 1.29 is 18.1 Å². The van der Waals surface area contributed by atoms with Crippen molar-refractivity contribution >= 4 is 21.5 Å². The topological polar surface area (TPSA) is 120 Å². The molecule has 0 spiro atoms. The molecular weight excluding hydrogens is 296 g/mol. The molecule has 0 aliphatic rings. The van der Waals surface area contributed by atoms with E-state index in [1.54, 1.807) is 0 Å². The van der Waals surface area contributed by atoms with Crippen molar-refractivity contribution in [3.63, 3.8) is 0 Å². The Bertz CT molecular complexity index is 830. The zero-order chi connectivity index (χ0) is 15.6. The Labute approximate surface area is 120 Å². The van der Waals surface area contributed by atoms with Crippen molar-refractivity contribution in [1.82, 2.24) is 0 Å². The van der Waals surface area contributed by atoms with Crippen molar-refractivity contribution in [2.24, 2.45) is 5.14 Å². The summed E-state index contributed by atoms with van der Waals surface area (Å²) >= 11 is 0. The Morgan fingerprint density at radius 2 is 1.76 bits per heavy atom. The molecule has 108 valence electrons. The van der Waals surface area contributed by atoms with Crippen LogP contribution in [0.15, 0.2) is 53.4 Å². The number of primary sulfonamides is 1.